The first-order valence-corrected chi connectivity index (χ1v) is 8.26. The van der Waals surface area contributed by atoms with Gasteiger partial charge in [0, 0.05) is 29.8 Å². The first-order chi connectivity index (χ1) is 11.6. The minimum atomic E-state index is -0.0288. The minimum Gasteiger partial charge on any atom is -0.454 e. The lowest BCUT2D eigenvalue weighted by atomic mass is 10.1. The van der Waals surface area contributed by atoms with E-state index in [1.165, 1.54) is 0 Å². The highest BCUT2D eigenvalue weighted by Crippen LogP contribution is 2.32. The second-order valence-electron chi connectivity index (χ2n) is 5.38. The van der Waals surface area contributed by atoms with Gasteiger partial charge >= 0.3 is 0 Å². The summed E-state index contributed by atoms with van der Waals surface area (Å²) >= 11 is 3.53. The number of aliphatic hydroxyl groups is 1. The van der Waals surface area contributed by atoms with E-state index in [2.05, 4.69) is 27.0 Å². The number of halogens is 1. The van der Waals surface area contributed by atoms with Gasteiger partial charge in [0.2, 0.25) is 0 Å². The lowest BCUT2D eigenvalue weighted by molar-refractivity contribution is 0.274. The molecule has 0 radical (unpaired) electrons. The average molecular weight is 386 g/mol. The van der Waals surface area contributed by atoms with Gasteiger partial charge in [-0.25, -0.2) is 0 Å². The van der Waals surface area contributed by atoms with Crippen molar-refractivity contribution in [2.75, 3.05) is 13.7 Å². The molecule has 1 N–H and O–H groups in total. The highest BCUT2D eigenvalue weighted by atomic mass is 79.9. The molecule has 5 nitrogen and oxygen atoms in total. The van der Waals surface area contributed by atoms with E-state index in [1.807, 2.05) is 31.2 Å². The van der Waals surface area contributed by atoms with E-state index in [-0.39, 0.29) is 6.61 Å². The molecule has 0 saturated heterocycles. The van der Waals surface area contributed by atoms with Gasteiger partial charge < -0.3 is 14.1 Å². The van der Waals surface area contributed by atoms with Crippen molar-refractivity contribution in [3.8, 4) is 17.4 Å². The maximum atomic E-state index is 9.45. The van der Waals surface area contributed by atoms with Crippen LogP contribution in [0.1, 0.15) is 11.1 Å². The highest BCUT2D eigenvalue weighted by molar-refractivity contribution is 9.10. The Morgan fingerprint density at radius 2 is 2.21 bits per heavy atom. The number of hydrogen-bond donors (Lipinski definition) is 1. The molecular weight excluding hydrogens is 370 g/mol. The topological polar surface area (TPSA) is 74.5 Å². The normalized spacial score (nSPS) is 11.9. The molecule has 3 rings (SSSR count). The summed E-state index contributed by atoms with van der Waals surface area (Å²) < 4.78 is 8.78. The number of aromatic nitrogens is 1. The molecule has 0 aliphatic heterocycles. The third-order valence-electron chi connectivity index (χ3n) is 3.98. The quantitative estimate of drug-likeness (QED) is 0.750. The average Bonchev–Trinajstić information content (AvgIpc) is 3.01. The molecule has 0 bridgehead atoms. The van der Waals surface area contributed by atoms with Gasteiger partial charge in [0.25, 0.3) is 0 Å². The van der Waals surface area contributed by atoms with Gasteiger partial charge in [-0.3, -0.25) is 4.99 Å². The van der Waals surface area contributed by atoms with E-state index in [1.54, 1.807) is 17.8 Å². The Morgan fingerprint density at radius 3 is 2.88 bits per heavy atom. The summed E-state index contributed by atoms with van der Waals surface area (Å²) in [6, 6.07) is 9.97. The predicted molar refractivity (Wildman–Crippen MR) is 95.4 cm³/mol. The van der Waals surface area contributed by atoms with Crippen LogP contribution in [0.15, 0.2) is 44.3 Å². The Balaban J connectivity index is 2.36. The molecule has 24 heavy (non-hydrogen) atoms. The fourth-order valence-corrected chi connectivity index (χ4v) is 3.17. The van der Waals surface area contributed by atoms with Gasteiger partial charge in [-0.2, -0.15) is 5.26 Å². The van der Waals surface area contributed by atoms with E-state index in [9.17, 15) is 10.4 Å². The van der Waals surface area contributed by atoms with Gasteiger partial charge in [0.1, 0.15) is 22.9 Å². The van der Waals surface area contributed by atoms with Crippen LogP contribution in [0.3, 0.4) is 0 Å². The largest absolute Gasteiger partial charge is 0.454 e. The number of nitriles is 1. The van der Waals surface area contributed by atoms with Crippen molar-refractivity contribution in [3.63, 3.8) is 0 Å². The molecule has 0 unspecified atom stereocenters. The molecule has 1 aromatic carbocycles. The molecule has 0 atom stereocenters. The summed E-state index contributed by atoms with van der Waals surface area (Å²) in [5.74, 6) is 0.687. The fraction of sp³-hybridized carbons (Fsp3) is 0.222. The van der Waals surface area contributed by atoms with Crippen LogP contribution >= 0.6 is 15.9 Å². The van der Waals surface area contributed by atoms with Crippen LogP contribution in [-0.2, 0) is 6.54 Å². The van der Waals surface area contributed by atoms with Crippen LogP contribution in [0.5, 0.6) is 0 Å². The van der Waals surface area contributed by atoms with Crippen LogP contribution in [-0.4, -0.2) is 23.3 Å². The van der Waals surface area contributed by atoms with Crippen LogP contribution in [0, 0.1) is 18.3 Å². The molecule has 0 saturated carbocycles. The second-order valence-corrected chi connectivity index (χ2v) is 6.24. The van der Waals surface area contributed by atoms with Crippen molar-refractivity contribution in [2.45, 2.75) is 13.5 Å². The van der Waals surface area contributed by atoms with Gasteiger partial charge in [-0.15, -0.1) is 0 Å². The van der Waals surface area contributed by atoms with Crippen LogP contribution in [0.2, 0.25) is 0 Å². The molecule has 6 heteroatoms. The molecule has 0 amide bonds. The van der Waals surface area contributed by atoms with E-state index >= 15 is 0 Å². The summed E-state index contributed by atoms with van der Waals surface area (Å²) in [5, 5.41) is 19.5. The molecule has 0 spiro atoms. The first kappa shape index (κ1) is 16.5. The molecule has 122 valence electrons. The molecule has 0 aliphatic rings. The van der Waals surface area contributed by atoms with Gasteiger partial charge in [-0.1, -0.05) is 28.1 Å². The van der Waals surface area contributed by atoms with Gasteiger partial charge in [0.05, 0.1) is 12.0 Å². The zero-order valence-corrected chi connectivity index (χ0v) is 15.0. The number of nitrogens with zero attached hydrogens (tertiary/aromatic N) is 3. The van der Waals surface area contributed by atoms with Crippen LogP contribution < -0.4 is 5.49 Å². The summed E-state index contributed by atoms with van der Waals surface area (Å²) in [6.45, 7) is 2.35. The fourth-order valence-electron chi connectivity index (χ4n) is 2.80. The molecule has 2 heterocycles. The molecule has 0 aliphatic carbocycles. The Bertz CT molecular complexity index is 1030. The smallest absolute Gasteiger partial charge is 0.157 e. The molecule has 0 fully saturated rings. The number of fused-ring (bicyclic) bond motifs is 1. The zero-order valence-electron chi connectivity index (χ0n) is 13.4. The van der Waals surface area contributed by atoms with Crippen molar-refractivity contribution in [1.82, 2.24) is 4.57 Å². The standard InChI is InChI=1S/C18H16BrN3O2/c1-11-13(4-3-5-15(11)19)16-8-14-17(24-16)12(9-20)10-22(6-7-23)18(14)21-2/h3-5,8,10,23H,6-7H2,1-2H3. The molecule has 2 aromatic heterocycles. The lowest BCUT2D eigenvalue weighted by Crippen LogP contribution is -2.23. The number of pyridine rings is 1. The summed E-state index contributed by atoms with van der Waals surface area (Å²) in [7, 11) is 1.69. The monoisotopic (exact) mass is 385 g/mol. The predicted octanol–water partition coefficient (Wildman–Crippen LogP) is 3.37. The number of rotatable bonds is 3. The second kappa shape index (κ2) is 6.63. The van der Waals surface area contributed by atoms with Crippen LogP contribution in [0.4, 0.5) is 0 Å². The first-order valence-electron chi connectivity index (χ1n) is 7.47. The number of hydrogen-bond acceptors (Lipinski definition) is 4. The van der Waals surface area contributed by atoms with Crippen molar-refractivity contribution < 1.29 is 9.52 Å². The minimum absolute atomic E-state index is 0.0288. The van der Waals surface area contributed by atoms with Crippen molar-refractivity contribution in [1.29, 1.82) is 5.26 Å². The SMILES string of the molecule is CN=c1c2cc(-c3cccc(Br)c3C)oc2c(C#N)cn1CCO. The third-order valence-corrected chi connectivity index (χ3v) is 4.84. The Morgan fingerprint density at radius 1 is 1.42 bits per heavy atom. The van der Waals surface area contributed by atoms with Crippen molar-refractivity contribution in [2.24, 2.45) is 4.99 Å². The number of aliphatic hydroxyl groups excluding tert-OH is 1. The Kier molecular flexibility index (Phi) is 4.56. The van der Waals surface area contributed by atoms with E-state index in [4.69, 9.17) is 4.42 Å². The van der Waals surface area contributed by atoms with Crippen LogP contribution in [0.25, 0.3) is 22.3 Å². The molecule has 3 aromatic rings. The maximum Gasteiger partial charge on any atom is 0.157 e. The summed E-state index contributed by atoms with van der Waals surface area (Å²) in [6.07, 6.45) is 1.67. The molecular formula is C18H16BrN3O2. The number of furan rings is 1. The zero-order chi connectivity index (χ0) is 17.3. The van der Waals surface area contributed by atoms with E-state index in [0.29, 0.717) is 28.9 Å². The highest BCUT2D eigenvalue weighted by Gasteiger charge is 2.16. The lowest BCUT2D eigenvalue weighted by Gasteiger charge is -2.06. The van der Waals surface area contributed by atoms with Crippen molar-refractivity contribution in [3.05, 3.63) is 51.5 Å². The summed E-state index contributed by atoms with van der Waals surface area (Å²) in [4.78, 5) is 4.31. The van der Waals surface area contributed by atoms with Crippen molar-refractivity contribution >= 4 is 26.9 Å². The Hall–Kier alpha value is -2.36. The van der Waals surface area contributed by atoms with Gasteiger partial charge in [-0.05, 0) is 24.6 Å². The Labute approximate surface area is 147 Å². The number of benzene rings is 1. The van der Waals surface area contributed by atoms with E-state index < -0.39 is 0 Å². The maximum absolute atomic E-state index is 9.45. The summed E-state index contributed by atoms with van der Waals surface area (Å²) in [5.41, 5.74) is 3.64. The van der Waals surface area contributed by atoms with Gasteiger partial charge in [0.15, 0.2) is 5.58 Å². The van der Waals surface area contributed by atoms with E-state index in [0.717, 1.165) is 21.0 Å². The third kappa shape index (κ3) is 2.66.